The molecule has 0 heterocycles. The predicted octanol–water partition coefficient (Wildman–Crippen LogP) is 1.48. The number of nitrogens with one attached hydrogen (secondary N) is 2. The van der Waals surface area contributed by atoms with E-state index >= 15 is 0 Å². The monoisotopic (exact) mass is 325 g/mol. The number of rotatable bonds is 7. The van der Waals surface area contributed by atoms with Crippen molar-refractivity contribution in [2.75, 3.05) is 23.7 Å². The topological polar surface area (TPSA) is 78.5 Å². The standard InChI is InChI=1S/C15H23N3O3S/c1-3-12-4-8-14(9-5-12)18(22(2,20)21)11-10-16-15(19)17-13-6-7-13/h4-5,8-9,13H,3,6-7,10-11H2,1-2H3,(H2,16,17,19). The Bertz CT molecular complexity index is 609. The third-order valence-corrected chi connectivity index (χ3v) is 4.74. The summed E-state index contributed by atoms with van der Waals surface area (Å²) in [6, 6.07) is 7.47. The van der Waals surface area contributed by atoms with Crippen molar-refractivity contribution >= 4 is 21.7 Å². The molecule has 0 spiro atoms. The number of hydrogen-bond acceptors (Lipinski definition) is 3. The molecule has 1 saturated carbocycles. The van der Waals surface area contributed by atoms with Crippen LogP contribution in [0.25, 0.3) is 0 Å². The molecule has 1 aliphatic carbocycles. The largest absolute Gasteiger partial charge is 0.336 e. The molecule has 7 heteroatoms. The first-order chi connectivity index (χ1) is 10.4. The predicted molar refractivity (Wildman–Crippen MR) is 87.6 cm³/mol. The Morgan fingerprint density at radius 3 is 2.41 bits per heavy atom. The Morgan fingerprint density at radius 2 is 1.91 bits per heavy atom. The van der Waals surface area contributed by atoms with E-state index in [1.165, 1.54) is 10.6 Å². The highest BCUT2D eigenvalue weighted by Gasteiger charge is 2.23. The maximum absolute atomic E-state index is 11.9. The first-order valence-electron chi connectivity index (χ1n) is 7.51. The van der Waals surface area contributed by atoms with Crippen molar-refractivity contribution in [3.63, 3.8) is 0 Å². The highest BCUT2D eigenvalue weighted by atomic mass is 32.2. The van der Waals surface area contributed by atoms with E-state index in [-0.39, 0.29) is 25.2 Å². The molecule has 0 radical (unpaired) electrons. The van der Waals surface area contributed by atoms with Crippen LogP contribution in [-0.2, 0) is 16.4 Å². The summed E-state index contributed by atoms with van der Waals surface area (Å²) in [5.74, 6) is 0. The minimum atomic E-state index is -3.38. The van der Waals surface area contributed by atoms with Gasteiger partial charge < -0.3 is 10.6 Å². The summed E-state index contributed by atoms with van der Waals surface area (Å²) in [5, 5.41) is 5.50. The van der Waals surface area contributed by atoms with E-state index in [0.29, 0.717) is 5.69 Å². The zero-order valence-corrected chi connectivity index (χ0v) is 13.8. The molecule has 0 aliphatic heterocycles. The SMILES string of the molecule is CCc1ccc(N(CCNC(=O)NC2CC2)S(C)(=O)=O)cc1. The van der Waals surface area contributed by atoms with Gasteiger partial charge >= 0.3 is 6.03 Å². The maximum atomic E-state index is 11.9. The van der Waals surface area contributed by atoms with Gasteiger partial charge in [0.1, 0.15) is 0 Å². The molecular formula is C15H23N3O3S. The normalized spacial score (nSPS) is 14.5. The lowest BCUT2D eigenvalue weighted by Crippen LogP contribution is -2.42. The van der Waals surface area contributed by atoms with E-state index in [0.717, 1.165) is 24.8 Å². The van der Waals surface area contributed by atoms with Crippen molar-refractivity contribution in [3.8, 4) is 0 Å². The maximum Gasteiger partial charge on any atom is 0.315 e. The number of carbonyl (C=O) groups is 1. The minimum absolute atomic E-state index is 0.211. The van der Waals surface area contributed by atoms with Gasteiger partial charge in [0, 0.05) is 12.6 Å². The van der Waals surface area contributed by atoms with Gasteiger partial charge in [-0.25, -0.2) is 13.2 Å². The summed E-state index contributed by atoms with van der Waals surface area (Å²) in [7, 11) is -3.38. The zero-order valence-electron chi connectivity index (χ0n) is 13.0. The van der Waals surface area contributed by atoms with Crippen LogP contribution >= 0.6 is 0 Å². The average molecular weight is 325 g/mol. The number of urea groups is 1. The van der Waals surface area contributed by atoms with Gasteiger partial charge in [-0.1, -0.05) is 19.1 Å². The van der Waals surface area contributed by atoms with E-state index in [4.69, 9.17) is 0 Å². The van der Waals surface area contributed by atoms with Crippen molar-refractivity contribution in [1.82, 2.24) is 10.6 Å². The average Bonchev–Trinajstić information content (AvgIpc) is 3.26. The van der Waals surface area contributed by atoms with Gasteiger partial charge in [-0.15, -0.1) is 0 Å². The van der Waals surface area contributed by atoms with Gasteiger partial charge in [-0.05, 0) is 37.0 Å². The van der Waals surface area contributed by atoms with Crippen LogP contribution in [0.5, 0.6) is 0 Å². The zero-order chi connectivity index (χ0) is 16.2. The third kappa shape index (κ3) is 4.91. The second-order valence-electron chi connectivity index (χ2n) is 5.53. The molecule has 0 unspecified atom stereocenters. The Hall–Kier alpha value is -1.76. The smallest absolute Gasteiger partial charge is 0.315 e. The molecule has 2 rings (SSSR count). The van der Waals surface area contributed by atoms with Gasteiger partial charge in [0.05, 0.1) is 18.5 Å². The fraction of sp³-hybridized carbons (Fsp3) is 0.533. The second kappa shape index (κ2) is 7.00. The number of aryl methyl sites for hydroxylation is 1. The first-order valence-corrected chi connectivity index (χ1v) is 9.36. The van der Waals surface area contributed by atoms with Gasteiger partial charge in [-0.2, -0.15) is 0 Å². The van der Waals surface area contributed by atoms with Crippen LogP contribution in [0.4, 0.5) is 10.5 Å². The molecule has 6 nitrogen and oxygen atoms in total. The lowest BCUT2D eigenvalue weighted by molar-refractivity contribution is 0.241. The summed E-state index contributed by atoms with van der Waals surface area (Å²) in [5.41, 5.74) is 1.77. The summed E-state index contributed by atoms with van der Waals surface area (Å²) >= 11 is 0. The Labute approximate surface area is 131 Å². The van der Waals surface area contributed by atoms with E-state index in [1.807, 2.05) is 19.1 Å². The molecule has 2 amide bonds. The number of benzene rings is 1. The molecule has 1 aromatic rings. The minimum Gasteiger partial charge on any atom is -0.336 e. The molecule has 1 fully saturated rings. The number of carbonyl (C=O) groups excluding carboxylic acids is 1. The number of amides is 2. The molecule has 2 N–H and O–H groups in total. The van der Waals surface area contributed by atoms with Crippen LogP contribution in [0.15, 0.2) is 24.3 Å². The van der Waals surface area contributed by atoms with Crippen molar-refractivity contribution in [2.45, 2.75) is 32.2 Å². The van der Waals surface area contributed by atoms with E-state index < -0.39 is 10.0 Å². The van der Waals surface area contributed by atoms with Crippen LogP contribution in [0.2, 0.25) is 0 Å². The third-order valence-electron chi connectivity index (χ3n) is 3.55. The number of hydrogen-bond donors (Lipinski definition) is 2. The molecule has 0 atom stereocenters. The fourth-order valence-electron chi connectivity index (χ4n) is 2.12. The van der Waals surface area contributed by atoms with Gasteiger partial charge in [-0.3, -0.25) is 4.31 Å². The quantitative estimate of drug-likeness (QED) is 0.797. The molecule has 0 saturated heterocycles. The number of anilines is 1. The van der Waals surface area contributed by atoms with Crippen LogP contribution < -0.4 is 14.9 Å². The highest BCUT2D eigenvalue weighted by molar-refractivity contribution is 7.92. The summed E-state index contributed by atoms with van der Waals surface area (Å²) in [6.07, 6.45) is 4.12. The van der Waals surface area contributed by atoms with E-state index in [2.05, 4.69) is 10.6 Å². The van der Waals surface area contributed by atoms with Gasteiger partial charge in [0.25, 0.3) is 0 Å². The molecule has 0 aromatic heterocycles. The molecule has 1 aliphatic rings. The summed E-state index contributed by atoms with van der Waals surface area (Å²) in [6.45, 7) is 2.52. The lowest BCUT2D eigenvalue weighted by atomic mass is 10.1. The highest BCUT2D eigenvalue weighted by Crippen LogP contribution is 2.19. The summed E-state index contributed by atoms with van der Waals surface area (Å²) in [4.78, 5) is 11.6. The second-order valence-corrected chi connectivity index (χ2v) is 7.44. The van der Waals surface area contributed by atoms with Crippen molar-refractivity contribution in [2.24, 2.45) is 0 Å². The Kier molecular flexibility index (Phi) is 5.28. The molecular weight excluding hydrogens is 302 g/mol. The Morgan fingerprint density at radius 1 is 1.27 bits per heavy atom. The first kappa shape index (κ1) is 16.6. The fourth-order valence-corrected chi connectivity index (χ4v) is 3.05. The Balaban J connectivity index is 1.95. The van der Waals surface area contributed by atoms with Crippen molar-refractivity contribution in [1.29, 1.82) is 0 Å². The summed E-state index contributed by atoms with van der Waals surface area (Å²) < 4.78 is 25.2. The van der Waals surface area contributed by atoms with E-state index in [1.54, 1.807) is 12.1 Å². The number of nitrogens with zero attached hydrogens (tertiary/aromatic N) is 1. The van der Waals surface area contributed by atoms with Crippen LogP contribution in [0.1, 0.15) is 25.3 Å². The number of sulfonamides is 1. The molecule has 0 bridgehead atoms. The molecule has 22 heavy (non-hydrogen) atoms. The van der Waals surface area contributed by atoms with E-state index in [9.17, 15) is 13.2 Å². The van der Waals surface area contributed by atoms with Gasteiger partial charge in [0.15, 0.2) is 0 Å². The lowest BCUT2D eigenvalue weighted by Gasteiger charge is -2.22. The van der Waals surface area contributed by atoms with Crippen LogP contribution in [0, 0.1) is 0 Å². The molecule has 1 aromatic carbocycles. The van der Waals surface area contributed by atoms with Crippen molar-refractivity contribution in [3.05, 3.63) is 29.8 Å². The van der Waals surface area contributed by atoms with Gasteiger partial charge in [0.2, 0.25) is 10.0 Å². The van der Waals surface area contributed by atoms with Crippen LogP contribution in [-0.4, -0.2) is 39.8 Å². The van der Waals surface area contributed by atoms with Crippen molar-refractivity contribution < 1.29 is 13.2 Å². The van der Waals surface area contributed by atoms with Crippen LogP contribution in [0.3, 0.4) is 0 Å². The molecule has 122 valence electrons.